The number of halogens is 2. The molecular formula is C11H13Br2N5. The molecule has 96 valence electrons. The summed E-state index contributed by atoms with van der Waals surface area (Å²) in [6.07, 6.45) is 4.36. The molecule has 0 amide bonds. The van der Waals surface area contributed by atoms with Gasteiger partial charge in [0, 0.05) is 41.7 Å². The number of aryl methyl sites for hydroxylation is 1. The van der Waals surface area contributed by atoms with Crippen molar-refractivity contribution in [1.29, 1.82) is 0 Å². The van der Waals surface area contributed by atoms with Gasteiger partial charge in [-0.15, -0.1) is 10.2 Å². The van der Waals surface area contributed by atoms with Crippen molar-refractivity contribution in [3.05, 3.63) is 39.1 Å². The van der Waals surface area contributed by atoms with Gasteiger partial charge in [0.05, 0.1) is 5.69 Å². The monoisotopic (exact) mass is 373 g/mol. The molecule has 0 fully saturated rings. The lowest BCUT2D eigenvalue weighted by Crippen LogP contribution is -2.19. The fraction of sp³-hybridized carbons (Fsp3) is 0.364. The fourth-order valence-corrected chi connectivity index (χ4v) is 2.64. The van der Waals surface area contributed by atoms with Gasteiger partial charge in [-0.3, -0.25) is 4.98 Å². The van der Waals surface area contributed by atoms with Gasteiger partial charge in [-0.2, -0.15) is 0 Å². The lowest BCUT2D eigenvalue weighted by Gasteiger charge is -2.06. The molecule has 5 nitrogen and oxygen atoms in total. The maximum Gasteiger partial charge on any atom is 0.133 e. The average Bonchev–Trinajstić information content (AvgIpc) is 2.73. The van der Waals surface area contributed by atoms with Crippen LogP contribution in [0, 0.1) is 0 Å². The molecule has 0 radical (unpaired) electrons. The quantitative estimate of drug-likeness (QED) is 0.814. The lowest BCUT2D eigenvalue weighted by atomic mass is 10.3. The molecule has 7 heteroatoms. The van der Waals surface area contributed by atoms with Gasteiger partial charge in [-0.25, -0.2) is 0 Å². The maximum absolute atomic E-state index is 4.34. The molecule has 0 saturated heterocycles. The van der Waals surface area contributed by atoms with Crippen LogP contribution in [0.15, 0.2) is 27.5 Å². The van der Waals surface area contributed by atoms with E-state index in [1.165, 1.54) is 0 Å². The Balaban J connectivity index is 1.80. The van der Waals surface area contributed by atoms with Crippen LogP contribution < -0.4 is 5.32 Å². The molecule has 0 atom stereocenters. The minimum atomic E-state index is 0.728. The second kappa shape index (κ2) is 6.40. The number of nitrogens with one attached hydrogen (secondary N) is 1. The van der Waals surface area contributed by atoms with Crippen LogP contribution >= 0.6 is 31.9 Å². The third kappa shape index (κ3) is 3.60. The number of nitrogens with zero attached hydrogens (tertiary/aromatic N) is 4. The van der Waals surface area contributed by atoms with Crippen LogP contribution in [0.5, 0.6) is 0 Å². The number of hydrogen-bond donors (Lipinski definition) is 1. The van der Waals surface area contributed by atoms with Crippen LogP contribution in [0.1, 0.15) is 11.5 Å². The van der Waals surface area contributed by atoms with E-state index in [1.807, 2.05) is 17.7 Å². The smallest absolute Gasteiger partial charge is 0.133 e. The summed E-state index contributed by atoms with van der Waals surface area (Å²) in [5.74, 6) is 0.977. The maximum atomic E-state index is 4.34. The molecule has 1 N–H and O–H groups in total. The van der Waals surface area contributed by atoms with Crippen molar-refractivity contribution >= 4 is 31.9 Å². The molecule has 0 aliphatic rings. The Morgan fingerprint density at radius 3 is 2.89 bits per heavy atom. The van der Waals surface area contributed by atoms with Gasteiger partial charge < -0.3 is 9.88 Å². The summed E-state index contributed by atoms with van der Waals surface area (Å²) in [6, 6.07) is 1.99. The zero-order chi connectivity index (χ0) is 13.0. The van der Waals surface area contributed by atoms with Crippen molar-refractivity contribution in [2.75, 3.05) is 6.54 Å². The summed E-state index contributed by atoms with van der Waals surface area (Å²) in [5, 5.41) is 11.2. The summed E-state index contributed by atoms with van der Waals surface area (Å²) < 4.78 is 3.90. The number of hydrogen-bond acceptors (Lipinski definition) is 4. The van der Waals surface area contributed by atoms with Crippen LogP contribution in [-0.2, 0) is 20.0 Å². The third-order valence-corrected chi connectivity index (χ3v) is 3.63. The topological polar surface area (TPSA) is 55.6 Å². The normalized spacial score (nSPS) is 10.8. The first-order valence-electron chi connectivity index (χ1n) is 5.50. The van der Waals surface area contributed by atoms with Crippen molar-refractivity contribution < 1.29 is 0 Å². The van der Waals surface area contributed by atoms with E-state index in [-0.39, 0.29) is 0 Å². The standard InChI is InChI=1S/C11H13Br2N5/c1-18-7-16-17-11(18)2-3-14-6-10-9(13)4-8(12)5-15-10/h4-5,7,14H,2-3,6H2,1H3. The Bertz CT molecular complexity index is 526. The lowest BCUT2D eigenvalue weighted by molar-refractivity contribution is 0.644. The molecule has 2 aromatic rings. The van der Waals surface area contributed by atoms with Crippen molar-refractivity contribution in [3.63, 3.8) is 0 Å². The van der Waals surface area contributed by atoms with Gasteiger partial charge in [0.1, 0.15) is 12.2 Å². The van der Waals surface area contributed by atoms with E-state index in [4.69, 9.17) is 0 Å². The van der Waals surface area contributed by atoms with Crippen molar-refractivity contribution in [2.24, 2.45) is 7.05 Å². The summed E-state index contributed by atoms with van der Waals surface area (Å²) >= 11 is 6.87. The first kappa shape index (κ1) is 13.6. The molecule has 0 aliphatic carbocycles. The molecule has 0 aliphatic heterocycles. The van der Waals surface area contributed by atoms with E-state index in [2.05, 4.69) is 52.4 Å². The highest BCUT2D eigenvalue weighted by molar-refractivity contribution is 9.11. The molecular weight excluding hydrogens is 362 g/mol. The average molecular weight is 375 g/mol. The Morgan fingerprint density at radius 1 is 1.39 bits per heavy atom. The highest BCUT2D eigenvalue weighted by atomic mass is 79.9. The van der Waals surface area contributed by atoms with E-state index in [1.54, 1.807) is 12.5 Å². The van der Waals surface area contributed by atoms with Crippen molar-refractivity contribution in [2.45, 2.75) is 13.0 Å². The Kier molecular flexibility index (Phi) is 4.85. The molecule has 18 heavy (non-hydrogen) atoms. The van der Waals surface area contributed by atoms with Gasteiger partial charge in [-0.05, 0) is 37.9 Å². The van der Waals surface area contributed by atoms with Gasteiger partial charge in [0.15, 0.2) is 0 Å². The van der Waals surface area contributed by atoms with Crippen LogP contribution in [0.4, 0.5) is 0 Å². The van der Waals surface area contributed by atoms with Gasteiger partial charge in [0.25, 0.3) is 0 Å². The Morgan fingerprint density at radius 2 is 2.22 bits per heavy atom. The second-order valence-corrected chi connectivity index (χ2v) is 5.64. The SMILES string of the molecule is Cn1cnnc1CCNCc1ncc(Br)cc1Br. The number of aromatic nitrogens is 4. The zero-order valence-corrected chi connectivity index (χ0v) is 13.1. The molecule has 0 bridgehead atoms. The van der Waals surface area contributed by atoms with E-state index in [9.17, 15) is 0 Å². The van der Waals surface area contributed by atoms with Gasteiger partial charge in [-0.1, -0.05) is 0 Å². The second-order valence-electron chi connectivity index (χ2n) is 3.87. The molecule has 2 rings (SSSR count). The van der Waals surface area contributed by atoms with E-state index >= 15 is 0 Å². The fourth-order valence-electron chi connectivity index (χ4n) is 1.51. The molecule has 2 aromatic heterocycles. The van der Waals surface area contributed by atoms with Gasteiger partial charge in [0.2, 0.25) is 0 Å². The highest BCUT2D eigenvalue weighted by Crippen LogP contribution is 2.19. The number of rotatable bonds is 5. The zero-order valence-electron chi connectivity index (χ0n) is 9.90. The summed E-state index contributed by atoms with van der Waals surface area (Å²) in [7, 11) is 1.95. The molecule has 2 heterocycles. The molecule has 0 aromatic carbocycles. The predicted molar refractivity (Wildman–Crippen MR) is 76.1 cm³/mol. The predicted octanol–water partition coefficient (Wildman–Crippen LogP) is 2.07. The van der Waals surface area contributed by atoms with Crippen molar-refractivity contribution in [1.82, 2.24) is 25.1 Å². The van der Waals surface area contributed by atoms with Crippen LogP contribution in [0.25, 0.3) is 0 Å². The van der Waals surface area contributed by atoms with Crippen LogP contribution in [0.3, 0.4) is 0 Å². The number of pyridine rings is 1. The van der Waals surface area contributed by atoms with Crippen LogP contribution in [0.2, 0.25) is 0 Å². The van der Waals surface area contributed by atoms with E-state index in [0.717, 1.165) is 40.0 Å². The summed E-state index contributed by atoms with van der Waals surface area (Å²) in [6.45, 7) is 1.57. The Labute approximate surface area is 122 Å². The van der Waals surface area contributed by atoms with Crippen molar-refractivity contribution in [3.8, 4) is 0 Å². The first-order valence-corrected chi connectivity index (χ1v) is 7.09. The van der Waals surface area contributed by atoms with E-state index in [0.29, 0.717) is 0 Å². The summed E-state index contributed by atoms with van der Waals surface area (Å²) in [4.78, 5) is 4.34. The third-order valence-electron chi connectivity index (χ3n) is 2.51. The minimum Gasteiger partial charge on any atom is -0.321 e. The highest BCUT2D eigenvalue weighted by Gasteiger charge is 2.03. The van der Waals surface area contributed by atoms with Gasteiger partial charge >= 0.3 is 0 Å². The first-order chi connectivity index (χ1) is 8.66. The molecule has 0 spiro atoms. The van der Waals surface area contributed by atoms with Crippen LogP contribution in [-0.4, -0.2) is 26.3 Å². The summed E-state index contributed by atoms with van der Waals surface area (Å²) in [5.41, 5.74) is 0.996. The molecule has 0 unspecified atom stereocenters. The Hall–Kier alpha value is -0.790. The van der Waals surface area contributed by atoms with E-state index < -0.39 is 0 Å². The molecule has 0 saturated carbocycles. The minimum absolute atomic E-state index is 0.728. The largest absolute Gasteiger partial charge is 0.321 e.